The third-order valence-corrected chi connectivity index (χ3v) is 8.63. The maximum absolute atomic E-state index is 5.85. The van der Waals surface area contributed by atoms with Crippen LogP contribution in [0.4, 0.5) is 0 Å². The van der Waals surface area contributed by atoms with Crippen molar-refractivity contribution in [3.05, 3.63) is 0 Å². The van der Waals surface area contributed by atoms with Gasteiger partial charge in [-0.3, -0.25) is 0 Å². The summed E-state index contributed by atoms with van der Waals surface area (Å²) in [6, 6.07) is 4.55. The zero-order valence-corrected chi connectivity index (χ0v) is 13.4. The third kappa shape index (κ3) is 8.64. The van der Waals surface area contributed by atoms with Crippen LogP contribution in [0.25, 0.3) is 0 Å². The number of unbranched alkanes of at least 4 members (excludes halogenated alkanes) is 4. The largest absolute Gasteiger partial charge is 0.127 e. The smallest absolute Gasteiger partial charge is 0.0505 e. The normalized spacial score (nSPS) is 12.0. The summed E-state index contributed by atoms with van der Waals surface area (Å²) in [5.41, 5.74) is 0. The van der Waals surface area contributed by atoms with Gasteiger partial charge in [-0.05, 0) is 6.42 Å². The van der Waals surface area contributed by atoms with Gasteiger partial charge in [-0.1, -0.05) is 77.1 Å². The topological polar surface area (TPSA) is 0 Å². The Morgan fingerprint density at radius 2 is 1.19 bits per heavy atom. The summed E-state index contributed by atoms with van der Waals surface area (Å²) >= 11 is 5.85. The molecule has 0 fully saturated rings. The number of halogens is 1. The minimum atomic E-state index is -0.929. The molecule has 0 aromatic carbocycles. The number of rotatable bonds is 11. The van der Waals surface area contributed by atoms with E-state index in [1.54, 1.807) is 12.1 Å². The molecule has 0 radical (unpaired) electrons. The highest BCUT2D eigenvalue weighted by atomic mass is 35.5. The fraction of sp³-hybridized carbons (Fsp3) is 1.00. The van der Waals surface area contributed by atoms with Gasteiger partial charge in [0.2, 0.25) is 0 Å². The zero-order valence-electron chi connectivity index (χ0n) is 11.7. The number of alkyl halides is 1. The van der Waals surface area contributed by atoms with Gasteiger partial charge in [0, 0.05) is 5.88 Å². The highest BCUT2D eigenvalue weighted by Crippen LogP contribution is 2.28. The second-order valence-corrected chi connectivity index (χ2v) is 11.0. The number of hydrogen-bond donors (Lipinski definition) is 0. The highest BCUT2D eigenvalue weighted by Gasteiger charge is 2.24. The van der Waals surface area contributed by atoms with Crippen LogP contribution < -0.4 is 0 Å². The number of hydrogen-bond acceptors (Lipinski definition) is 0. The van der Waals surface area contributed by atoms with Crippen LogP contribution >= 0.6 is 11.6 Å². The van der Waals surface area contributed by atoms with Gasteiger partial charge >= 0.3 is 0 Å². The van der Waals surface area contributed by atoms with Crippen molar-refractivity contribution in [2.45, 2.75) is 83.5 Å². The van der Waals surface area contributed by atoms with E-state index in [1.165, 1.54) is 51.0 Å². The van der Waals surface area contributed by atoms with Crippen molar-refractivity contribution in [3.63, 3.8) is 0 Å². The van der Waals surface area contributed by atoms with Crippen molar-refractivity contribution in [2.75, 3.05) is 5.88 Å². The molecular formula is C14H31ClSi. The molecule has 2 heteroatoms. The van der Waals surface area contributed by atoms with Crippen LogP contribution in [0.1, 0.15) is 58.8 Å². The first kappa shape index (κ1) is 16.5. The van der Waals surface area contributed by atoms with E-state index >= 15 is 0 Å². The fourth-order valence-corrected chi connectivity index (χ4v) is 6.82. The Morgan fingerprint density at radius 3 is 1.56 bits per heavy atom. The van der Waals surface area contributed by atoms with Crippen molar-refractivity contribution in [1.29, 1.82) is 0 Å². The molecule has 0 atom stereocenters. The molecule has 0 aliphatic rings. The van der Waals surface area contributed by atoms with Gasteiger partial charge in [-0.15, -0.1) is 11.6 Å². The van der Waals surface area contributed by atoms with Gasteiger partial charge in [0.05, 0.1) is 8.07 Å². The van der Waals surface area contributed by atoms with Crippen molar-refractivity contribution in [1.82, 2.24) is 0 Å². The van der Waals surface area contributed by atoms with Crippen LogP contribution in [0.15, 0.2) is 0 Å². The molecule has 0 aromatic heterocycles. The Hall–Kier alpha value is 0.507. The lowest BCUT2D eigenvalue weighted by Crippen LogP contribution is -2.29. The molecule has 98 valence electrons. The van der Waals surface area contributed by atoms with Crippen LogP contribution in [0, 0.1) is 0 Å². The molecule has 0 aliphatic carbocycles. The predicted octanol–water partition coefficient (Wildman–Crippen LogP) is 6.07. The summed E-state index contributed by atoms with van der Waals surface area (Å²) in [7, 11) is -0.929. The first-order valence-corrected chi connectivity index (χ1v) is 10.9. The average molecular weight is 263 g/mol. The molecule has 0 N–H and O–H groups in total. The minimum Gasteiger partial charge on any atom is -0.127 e. The molecule has 0 heterocycles. The third-order valence-electron chi connectivity index (χ3n) is 3.68. The lowest BCUT2D eigenvalue weighted by molar-refractivity contribution is 0.733. The Labute approximate surface area is 109 Å². The van der Waals surface area contributed by atoms with Crippen LogP contribution in [0.5, 0.6) is 0 Å². The highest BCUT2D eigenvalue weighted by molar-refractivity contribution is 6.78. The van der Waals surface area contributed by atoms with Gasteiger partial charge in [-0.2, -0.15) is 0 Å². The Kier molecular flexibility index (Phi) is 11.0. The van der Waals surface area contributed by atoms with Crippen molar-refractivity contribution in [2.24, 2.45) is 0 Å². The second kappa shape index (κ2) is 10.6. The quantitative estimate of drug-likeness (QED) is 0.241. The maximum Gasteiger partial charge on any atom is 0.0505 e. The average Bonchev–Trinajstić information content (AvgIpc) is 2.27. The Balaban J connectivity index is 3.91. The molecule has 0 aliphatic heterocycles. The molecule has 0 spiro atoms. The van der Waals surface area contributed by atoms with Crippen LogP contribution in [0.3, 0.4) is 0 Å². The maximum atomic E-state index is 5.85. The lowest BCUT2D eigenvalue weighted by atomic mass is 10.3. The van der Waals surface area contributed by atoms with Gasteiger partial charge in [0.25, 0.3) is 0 Å². The Bertz CT molecular complexity index is 138. The van der Waals surface area contributed by atoms with Crippen LogP contribution in [-0.4, -0.2) is 14.0 Å². The summed E-state index contributed by atoms with van der Waals surface area (Å²) in [5, 5.41) is 0. The first-order valence-electron chi connectivity index (χ1n) is 7.24. The molecule has 0 amide bonds. The molecule has 0 rings (SSSR count). The van der Waals surface area contributed by atoms with E-state index < -0.39 is 8.07 Å². The van der Waals surface area contributed by atoms with E-state index in [0.717, 1.165) is 5.88 Å². The van der Waals surface area contributed by atoms with Gasteiger partial charge in [0.1, 0.15) is 0 Å². The summed E-state index contributed by atoms with van der Waals surface area (Å²) in [6.45, 7) is 7.22. The van der Waals surface area contributed by atoms with Gasteiger partial charge in [0.15, 0.2) is 0 Å². The van der Waals surface area contributed by atoms with E-state index in [4.69, 9.17) is 11.6 Å². The van der Waals surface area contributed by atoms with E-state index in [9.17, 15) is 0 Å². The van der Waals surface area contributed by atoms with Crippen LogP contribution in [-0.2, 0) is 0 Å². The second-order valence-electron chi connectivity index (χ2n) is 5.52. The molecule has 0 nitrogen and oxygen atoms in total. The van der Waals surface area contributed by atoms with Crippen LogP contribution in [0.2, 0.25) is 24.7 Å². The fourth-order valence-electron chi connectivity index (χ4n) is 2.47. The first-order chi connectivity index (χ1) is 7.68. The van der Waals surface area contributed by atoms with E-state index in [2.05, 4.69) is 20.4 Å². The molecule has 0 bridgehead atoms. The molecule has 16 heavy (non-hydrogen) atoms. The van der Waals surface area contributed by atoms with E-state index in [1.807, 2.05) is 0 Å². The summed E-state index contributed by atoms with van der Waals surface area (Å²) in [4.78, 5) is 0. The van der Waals surface area contributed by atoms with Gasteiger partial charge < -0.3 is 0 Å². The van der Waals surface area contributed by atoms with Crippen molar-refractivity contribution >= 4 is 19.7 Å². The molecule has 0 saturated heterocycles. The van der Waals surface area contributed by atoms with Gasteiger partial charge in [-0.25, -0.2) is 0 Å². The van der Waals surface area contributed by atoms with Crippen molar-refractivity contribution < 1.29 is 0 Å². The van der Waals surface area contributed by atoms with E-state index in [0.29, 0.717) is 0 Å². The monoisotopic (exact) mass is 262 g/mol. The molecule has 0 saturated carbocycles. The minimum absolute atomic E-state index is 0.865. The lowest BCUT2D eigenvalue weighted by Gasteiger charge is -2.27. The van der Waals surface area contributed by atoms with Crippen molar-refractivity contribution in [3.8, 4) is 0 Å². The molecular weight excluding hydrogens is 232 g/mol. The predicted molar refractivity (Wildman–Crippen MR) is 80.4 cm³/mol. The molecule has 0 unspecified atom stereocenters. The summed E-state index contributed by atoms with van der Waals surface area (Å²) in [5.74, 6) is 0.865. The SMILES string of the molecule is CCCCC[Si](C)(CCCCl)CCCCC. The van der Waals surface area contributed by atoms with E-state index in [-0.39, 0.29) is 0 Å². The molecule has 0 aromatic rings. The zero-order chi connectivity index (χ0) is 12.3. The summed E-state index contributed by atoms with van der Waals surface area (Å²) in [6.07, 6.45) is 9.75. The summed E-state index contributed by atoms with van der Waals surface area (Å²) < 4.78 is 0. The Morgan fingerprint density at radius 1 is 0.750 bits per heavy atom. The standard InChI is InChI=1S/C14H31ClSi/c1-4-6-8-12-16(3,14-10-11-15)13-9-7-5-2/h4-14H2,1-3H3.